The molecule has 0 saturated heterocycles. The van der Waals surface area contributed by atoms with Crippen LogP contribution >= 0.6 is 27.5 Å². The van der Waals surface area contributed by atoms with Gasteiger partial charge in [-0.2, -0.15) is 13.2 Å². The molecular weight excluding hydrogens is 298 g/mol. The highest BCUT2D eigenvalue weighted by atomic mass is 79.9. The molecule has 15 heavy (non-hydrogen) atoms. The third-order valence-electron chi connectivity index (χ3n) is 1.67. The lowest BCUT2D eigenvalue weighted by Crippen LogP contribution is -2.14. The number of nitrogen functional groups attached to an aromatic ring is 1. The largest absolute Gasteiger partial charge is 0.418 e. The molecule has 7 heteroatoms. The van der Waals surface area contributed by atoms with Crippen molar-refractivity contribution >= 4 is 38.5 Å². The molecule has 0 fully saturated rings. The summed E-state index contributed by atoms with van der Waals surface area (Å²) in [6, 6.07) is 2.29. The first-order valence-electron chi connectivity index (χ1n) is 3.60. The van der Waals surface area contributed by atoms with Crippen molar-refractivity contribution in [1.82, 2.24) is 0 Å². The zero-order valence-corrected chi connectivity index (χ0v) is 9.37. The van der Waals surface area contributed by atoms with Gasteiger partial charge in [-0.05, 0) is 23.7 Å². The minimum absolute atomic E-state index is 0.270. The van der Waals surface area contributed by atoms with Crippen molar-refractivity contribution in [3.63, 3.8) is 0 Å². The lowest BCUT2D eigenvalue weighted by Gasteiger charge is -2.13. The van der Waals surface area contributed by atoms with Gasteiger partial charge in [0.2, 0.25) is 0 Å². The van der Waals surface area contributed by atoms with Crippen LogP contribution in [0.5, 0.6) is 0 Å². The summed E-state index contributed by atoms with van der Waals surface area (Å²) in [7, 11) is 0. The van der Waals surface area contributed by atoms with Crippen LogP contribution in [0.4, 0.5) is 18.9 Å². The van der Waals surface area contributed by atoms with Crippen molar-refractivity contribution in [3.8, 4) is 0 Å². The minimum Gasteiger partial charge on any atom is -0.398 e. The van der Waals surface area contributed by atoms with Crippen molar-refractivity contribution in [1.29, 1.82) is 0 Å². The Hall–Kier alpha value is -0.750. The minimum atomic E-state index is -4.69. The average molecular weight is 302 g/mol. The quantitative estimate of drug-likeness (QED) is 0.638. The number of anilines is 1. The molecule has 0 aliphatic carbocycles. The number of benzene rings is 1. The number of halogens is 5. The fourth-order valence-corrected chi connectivity index (χ4v) is 1.84. The van der Waals surface area contributed by atoms with Gasteiger partial charge in [0.05, 0.1) is 11.1 Å². The summed E-state index contributed by atoms with van der Waals surface area (Å²) in [6.07, 6.45) is -4.69. The van der Waals surface area contributed by atoms with E-state index in [4.69, 9.17) is 17.3 Å². The highest BCUT2D eigenvalue weighted by molar-refractivity contribution is 9.10. The van der Waals surface area contributed by atoms with Crippen molar-refractivity contribution < 1.29 is 18.0 Å². The third kappa shape index (κ3) is 2.43. The highest BCUT2D eigenvalue weighted by Gasteiger charge is 2.38. The summed E-state index contributed by atoms with van der Waals surface area (Å²) >= 11 is 7.75. The number of hydrogen-bond acceptors (Lipinski definition) is 2. The van der Waals surface area contributed by atoms with Crippen LogP contribution in [-0.4, -0.2) is 5.24 Å². The van der Waals surface area contributed by atoms with E-state index in [-0.39, 0.29) is 10.2 Å². The van der Waals surface area contributed by atoms with Crippen LogP contribution in [0.3, 0.4) is 0 Å². The van der Waals surface area contributed by atoms with E-state index in [0.717, 1.165) is 6.07 Å². The zero-order valence-electron chi connectivity index (χ0n) is 7.03. The normalized spacial score (nSPS) is 11.5. The topological polar surface area (TPSA) is 43.1 Å². The number of hydrogen-bond donors (Lipinski definition) is 1. The van der Waals surface area contributed by atoms with Crippen molar-refractivity contribution in [2.45, 2.75) is 6.18 Å². The van der Waals surface area contributed by atoms with E-state index < -0.39 is 22.5 Å². The molecule has 2 nitrogen and oxygen atoms in total. The van der Waals surface area contributed by atoms with Crippen molar-refractivity contribution in [3.05, 3.63) is 27.7 Å². The Labute approximate surface area is 96.3 Å². The number of alkyl halides is 3. The summed E-state index contributed by atoms with van der Waals surface area (Å²) in [4.78, 5) is 10.9. The first-order valence-corrected chi connectivity index (χ1v) is 4.77. The monoisotopic (exact) mass is 301 g/mol. The number of nitrogens with two attached hydrogens (primary N) is 1. The van der Waals surface area contributed by atoms with E-state index in [1.807, 2.05) is 0 Å². The van der Waals surface area contributed by atoms with E-state index >= 15 is 0 Å². The Morgan fingerprint density at radius 2 is 1.93 bits per heavy atom. The fourth-order valence-electron chi connectivity index (χ4n) is 1.08. The molecule has 1 aromatic rings. The second kappa shape index (κ2) is 4.02. The summed E-state index contributed by atoms with van der Waals surface area (Å²) in [6.45, 7) is 0. The van der Waals surface area contributed by atoms with E-state index in [0.29, 0.717) is 0 Å². The maximum absolute atomic E-state index is 12.6. The van der Waals surface area contributed by atoms with E-state index in [9.17, 15) is 18.0 Å². The molecular formula is C8H4BrClF3NO. The molecule has 0 amide bonds. The highest BCUT2D eigenvalue weighted by Crippen LogP contribution is 2.39. The van der Waals surface area contributed by atoms with Gasteiger partial charge in [0, 0.05) is 10.2 Å². The van der Waals surface area contributed by atoms with Crippen LogP contribution in [0.25, 0.3) is 0 Å². The Kier molecular flexibility index (Phi) is 3.30. The number of carbonyl (C=O) groups excluding carboxylic acids is 1. The van der Waals surface area contributed by atoms with Gasteiger partial charge in [0.1, 0.15) is 0 Å². The van der Waals surface area contributed by atoms with Crippen LogP contribution in [0, 0.1) is 0 Å². The van der Waals surface area contributed by atoms with E-state index in [1.165, 1.54) is 6.07 Å². The van der Waals surface area contributed by atoms with Gasteiger partial charge < -0.3 is 5.73 Å². The van der Waals surface area contributed by atoms with Gasteiger partial charge in [-0.25, -0.2) is 0 Å². The second-order valence-electron chi connectivity index (χ2n) is 2.66. The molecule has 0 atom stereocenters. The zero-order chi connectivity index (χ0) is 11.8. The Balaban J connectivity index is 3.60. The first-order chi connectivity index (χ1) is 6.75. The molecule has 82 valence electrons. The summed E-state index contributed by atoms with van der Waals surface area (Å²) < 4.78 is 37.4. The Bertz CT molecular complexity index is 419. The predicted octanol–water partition coefficient (Wildman–Crippen LogP) is 3.43. The molecule has 0 heterocycles. The van der Waals surface area contributed by atoms with Crippen molar-refractivity contribution in [2.24, 2.45) is 0 Å². The lowest BCUT2D eigenvalue weighted by molar-refractivity contribution is -0.138. The number of rotatable bonds is 1. The molecule has 0 spiro atoms. The molecule has 0 bridgehead atoms. The molecule has 0 aromatic heterocycles. The average Bonchev–Trinajstić information content (AvgIpc) is 2.05. The van der Waals surface area contributed by atoms with E-state index in [1.54, 1.807) is 0 Å². The van der Waals surface area contributed by atoms with Crippen LogP contribution < -0.4 is 5.73 Å². The van der Waals surface area contributed by atoms with Crippen molar-refractivity contribution in [2.75, 3.05) is 5.73 Å². The fraction of sp³-hybridized carbons (Fsp3) is 0.125. The van der Waals surface area contributed by atoms with Crippen LogP contribution in [0.2, 0.25) is 0 Å². The van der Waals surface area contributed by atoms with Crippen LogP contribution in [0.15, 0.2) is 16.6 Å². The molecule has 0 saturated carbocycles. The summed E-state index contributed by atoms with van der Waals surface area (Å²) in [5.74, 6) is 0. The van der Waals surface area contributed by atoms with Gasteiger partial charge in [-0.1, -0.05) is 15.9 Å². The lowest BCUT2D eigenvalue weighted by atomic mass is 10.1. The smallest absolute Gasteiger partial charge is 0.398 e. The van der Waals surface area contributed by atoms with Gasteiger partial charge in [0.25, 0.3) is 5.24 Å². The predicted molar refractivity (Wildman–Crippen MR) is 53.7 cm³/mol. The van der Waals surface area contributed by atoms with Crippen LogP contribution in [0.1, 0.15) is 15.9 Å². The first kappa shape index (κ1) is 12.3. The molecule has 0 aliphatic heterocycles. The summed E-state index contributed by atoms with van der Waals surface area (Å²) in [5, 5.41) is -1.24. The second-order valence-corrected chi connectivity index (χ2v) is 3.86. The molecule has 0 aliphatic rings. The maximum Gasteiger partial charge on any atom is 0.418 e. The summed E-state index contributed by atoms with van der Waals surface area (Å²) in [5.41, 5.74) is 3.09. The van der Waals surface area contributed by atoms with E-state index in [2.05, 4.69) is 15.9 Å². The van der Waals surface area contributed by atoms with Crippen LogP contribution in [-0.2, 0) is 6.18 Å². The molecule has 0 unspecified atom stereocenters. The standard InChI is InChI=1S/C8H4BrClF3NO/c9-3-1-2-4(14)5(7(10)15)6(3)8(11,12)13/h1-2H,14H2. The number of carbonyl (C=O) groups is 1. The Morgan fingerprint density at radius 3 is 2.27 bits per heavy atom. The van der Waals surface area contributed by atoms with Gasteiger partial charge in [0.15, 0.2) is 0 Å². The maximum atomic E-state index is 12.6. The van der Waals surface area contributed by atoms with Gasteiger partial charge in [-0.3, -0.25) is 4.79 Å². The van der Waals surface area contributed by atoms with Gasteiger partial charge >= 0.3 is 6.18 Å². The van der Waals surface area contributed by atoms with Gasteiger partial charge in [-0.15, -0.1) is 0 Å². The third-order valence-corrected chi connectivity index (χ3v) is 2.52. The molecule has 2 N–H and O–H groups in total. The molecule has 1 rings (SSSR count). The Morgan fingerprint density at radius 1 is 1.40 bits per heavy atom. The molecule has 1 aromatic carbocycles. The molecule has 0 radical (unpaired) electrons. The SMILES string of the molecule is Nc1ccc(Br)c(C(F)(F)F)c1C(=O)Cl.